The molecule has 2 fully saturated rings. The van der Waals surface area contributed by atoms with E-state index in [1.807, 2.05) is 0 Å². The van der Waals surface area contributed by atoms with Gasteiger partial charge >= 0.3 is 0 Å². The van der Waals surface area contributed by atoms with Gasteiger partial charge in [-0.1, -0.05) is 32.0 Å². The summed E-state index contributed by atoms with van der Waals surface area (Å²) >= 11 is 0. The van der Waals surface area contributed by atoms with Crippen molar-refractivity contribution in [3.8, 4) is 0 Å². The van der Waals surface area contributed by atoms with Crippen LogP contribution >= 0.6 is 0 Å². The maximum Gasteiger partial charge on any atom is 0.240 e. The molecule has 0 heterocycles. The largest absolute Gasteiger partial charge is 0.303 e. The summed E-state index contributed by atoms with van der Waals surface area (Å²) in [5.74, 6) is 1.12. The summed E-state index contributed by atoms with van der Waals surface area (Å²) in [5.41, 5.74) is 0.252. The Hall–Kier alpha value is -1.20. The van der Waals surface area contributed by atoms with Crippen molar-refractivity contribution in [3.05, 3.63) is 30.3 Å². The second-order valence-electron chi connectivity index (χ2n) is 6.80. The van der Waals surface area contributed by atoms with Crippen LogP contribution in [0.15, 0.2) is 35.2 Å². The lowest BCUT2D eigenvalue weighted by molar-refractivity contribution is -0.108. The second-order valence-corrected chi connectivity index (χ2v) is 8.51. The van der Waals surface area contributed by atoms with Crippen molar-refractivity contribution in [2.75, 3.05) is 0 Å². The van der Waals surface area contributed by atoms with Crippen LogP contribution in [0, 0.1) is 23.2 Å². The van der Waals surface area contributed by atoms with Crippen LogP contribution < -0.4 is 4.72 Å². The Bertz CT molecular complexity index is 639. The van der Waals surface area contributed by atoms with Crippen molar-refractivity contribution >= 4 is 16.3 Å². The first-order chi connectivity index (χ1) is 9.88. The lowest BCUT2D eigenvalue weighted by Crippen LogP contribution is -2.40. The summed E-state index contributed by atoms with van der Waals surface area (Å²) in [7, 11) is -3.50. The summed E-state index contributed by atoms with van der Waals surface area (Å²) in [6.45, 7) is 4.42. The van der Waals surface area contributed by atoms with Crippen LogP contribution in [0.4, 0.5) is 0 Å². The third kappa shape index (κ3) is 2.42. The Balaban J connectivity index is 1.78. The van der Waals surface area contributed by atoms with E-state index in [1.54, 1.807) is 30.3 Å². The van der Waals surface area contributed by atoms with E-state index in [2.05, 4.69) is 18.6 Å². The first-order valence-corrected chi connectivity index (χ1v) is 8.87. The minimum Gasteiger partial charge on any atom is -0.303 e. The number of sulfonamides is 1. The number of aldehydes is 1. The number of carbonyl (C=O) groups is 1. The fraction of sp³-hybridized carbons (Fsp3) is 0.562. The van der Waals surface area contributed by atoms with Gasteiger partial charge in [0.2, 0.25) is 10.0 Å². The number of nitrogens with one attached hydrogen (secondary N) is 1. The van der Waals surface area contributed by atoms with Gasteiger partial charge in [-0.05, 0) is 41.7 Å². The van der Waals surface area contributed by atoms with Crippen molar-refractivity contribution < 1.29 is 13.2 Å². The molecule has 4 atom stereocenters. The molecule has 1 N–H and O–H groups in total. The molecule has 0 amide bonds. The molecule has 0 saturated heterocycles. The van der Waals surface area contributed by atoms with Gasteiger partial charge in [0.25, 0.3) is 0 Å². The van der Waals surface area contributed by atoms with Crippen LogP contribution in [0.1, 0.15) is 26.7 Å². The maximum atomic E-state index is 12.4. The van der Waals surface area contributed by atoms with E-state index in [9.17, 15) is 13.2 Å². The number of hydrogen-bond donors (Lipinski definition) is 1. The zero-order valence-electron chi connectivity index (χ0n) is 12.3. The predicted molar refractivity (Wildman–Crippen MR) is 80.1 cm³/mol. The van der Waals surface area contributed by atoms with Gasteiger partial charge in [-0.15, -0.1) is 0 Å². The molecule has 4 nitrogen and oxygen atoms in total. The minimum atomic E-state index is -3.50. The van der Waals surface area contributed by atoms with Crippen LogP contribution in [0.5, 0.6) is 0 Å². The zero-order chi connectivity index (χ0) is 15.3. The normalized spacial score (nSPS) is 33.4. The van der Waals surface area contributed by atoms with Gasteiger partial charge in [-0.2, -0.15) is 0 Å². The third-order valence-electron chi connectivity index (χ3n) is 5.35. The monoisotopic (exact) mass is 307 g/mol. The Morgan fingerprint density at radius 2 is 1.95 bits per heavy atom. The average molecular weight is 307 g/mol. The molecule has 0 aliphatic heterocycles. The van der Waals surface area contributed by atoms with Gasteiger partial charge in [-0.3, -0.25) is 0 Å². The number of rotatable bonds is 5. The molecule has 0 spiro atoms. The number of carbonyl (C=O) groups excluding carboxylic acids is 1. The fourth-order valence-electron chi connectivity index (χ4n) is 4.21. The van der Waals surface area contributed by atoms with Crippen LogP contribution in [0.3, 0.4) is 0 Å². The molecule has 21 heavy (non-hydrogen) atoms. The topological polar surface area (TPSA) is 63.2 Å². The summed E-state index contributed by atoms with van der Waals surface area (Å²) in [4.78, 5) is 11.2. The third-order valence-corrected chi connectivity index (χ3v) is 6.86. The quantitative estimate of drug-likeness (QED) is 0.848. The molecule has 2 aliphatic rings. The smallest absolute Gasteiger partial charge is 0.240 e. The highest BCUT2D eigenvalue weighted by atomic mass is 32.2. The van der Waals surface area contributed by atoms with E-state index in [0.717, 1.165) is 12.7 Å². The lowest BCUT2D eigenvalue weighted by Gasteiger charge is -2.26. The summed E-state index contributed by atoms with van der Waals surface area (Å²) in [6.07, 6.45) is 2.19. The molecule has 0 unspecified atom stereocenters. The number of fused-ring (bicyclic) bond motifs is 1. The van der Waals surface area contributed by atoms with Crippen molar-refractivity contribution in [2.45, 2.75) is 37.6 Å². The van der Waals surface area contributed by atoms with E-state index in [4.69, 9.17) is 0 Å². The Labute approximate surface area is 126 Å². The lowest BCUT2D eigenvalue weighted by atomic mass is 9.88. The average Bonchev–Trinajstić information content (AvgIpc) is 2.79. The minimum absolute atomic E-state index is 0.122. The first kappa shape index (κ1) is 14.7. The zero-order valence-corrected chi connectivity index (χ0v) is 13.1. The predicted octanol–water partition coefficient (Wildman–Crippen LogP) is 2.21. The summed E-state index contributed by atoms with van der Waals surface area (Å²) < 4.78 is 27.7. The number of hydrogen-bond acceptors (Lipinski definition) is 3. The van der Waals surface area contributed by atoms with Gasteiger partial charge in [0, 0.05) is 12.5 Å². The van der Waals surface area contributed by atoms with Gasteiger partial charge in [0.15, 0.2) is 0 Å². The van der Waals surface area contributed by atoms with E-state index in [0.29, 0.717) is 18.3 Å². The highest BCUT2D eigenvalue weighted by Crippen LogP contribution is 2.69. The molecular weight excluding hydrogens is 286 g/mol. The van der Waals surface area contributed by atoms with Crippen molar-refractivity contribution in [3.63, 3.8) is 0 Å². The highest BCUT2D eigenvalue weighted by Gasteiger charge is 2.66. The summed E-state index contributed by atoms with van der Waals surface area (Å²) in [5, 5.41) is 0. The molecule has 3 rings (SSSR count). The van der Waals surface area contributed by atoms with Crippen molar-refractivity contribution in [2.24, 2.45) is 23.2 Å². The molecule has 5 heteroatoms. The fourth-order valence-corrected chi connectivity index (χ4v) is 5.53. The van der Waals surface area contributed by atoms with Gasteiger partial charge < -0.3 is 4.79 Å². The molecule has 0 aromatic heterocycles. The maximum absolute atomic E-state index is 12.4. The molecule has 1 aromatic rings. The van der Waals surface area contributed by atoms with Crippen LogP contribution in [0.2, 0.25) is 0 Å². The van der Waals surface area contributed by atoms with Crippen molar-refractivity contribution in [1.82, 2.24) is 4.72 Å². The van der Waals surface area contributed by atoms with Crippen LogP contribution in [0.25, 0.3) is 0 Å². The van der Waals surface area contributed by atoms with E-state index in [-0.39, 0.29) is 22.3 Å². The van der Waals surface area contributed by atoms with E-state index < -0.39 is 10.0 Å². The molecule has 2 aliphatic carbocycles. The Morgan fingerprint density at radius 3 is 2.57 bits per heavy atom. The molecule has 2 saturated carbocycles. The number of benzene rings is 1. The SMILES string of the molecule is CC1(C)[C@H]2[C@H](CC=O)[C@@H](NS(=O)(=O)c3ccccc3)C[C@H]21. The second kappa shape index (κ2) is 4.92. The van der Waals surface area contributed by atoms with Crippen molar-refractivity contribution in [1.29, 1.82) is 0 Å². The first-order valence-electron chi connectivity index (χ1n) is 7.39. The summed E-state index contributed by atoms with van der Waals surface area (Å²) in [6, 6.07) is 8.29. The van der Waals surface area contributed by atoms with Gasteiger partial charge in [0.1, 0.15) is 6.29 Å². The Morgan fingerprint density at radius 1 is 1.29 bits per heavy atom. The molecular formula is C16H21NO3S. The van der Waals surface area contributed by atoms with Gasteiger partial charge in [0.05, 0.1) is 4.90 Å². The molecule has 0 radical (unpaired) electrons. The van der Waals surface area contributed by atoms with E-state index >= 15 is 0 Å². The highest BCUT2D eigenvalue weighted by molar-refractivity contribution is 7.89. The Kier molecular flexibility index (Phi) is 3.45. The molecule has 114 valence electrons. The van der Waals surface area contributed by atoms with Crippen LogP contribution in [-0.2, 0) is 14.8 Å². The standard InChI is InChI=1S/C16H21NO3S/c1-16(2)13-10-14(12(8-9-18)15(13)16)17-21(19,20)11-6-4-3-5-7-11/h3-7,9,12-15,17H,8,10H2,1-2H3/t12-,13-,14+,15+/m1/s1. The van der Waals surface area contributed by atoms with E-state index in [1.165, 1.54) is 0 Å². The van der Waals surface area contributed by atoms with Gasteiger partial charge in [-0.25, -0.2) is 13.1 Å². The molecule has 1 aromatic carbocycles. The van der Waals surface area contributed by atoms with Crippen LogP contribution in [-0.4, -0.2) is 20.7 Å². The molecule has 0 bridgehead atoms.